The first-order valence-electron chi connectivity index (χ1n) is 7.87. The monoisotopic (exact) mass is 293 g/mol. The maximum atomic E-state index is 9.85. The van der Waals surface area contributed by atoms with Crippen LogP contribution in [-0.2, 0) is 6.42 Å². The van der Waals surface area contributed by atoms with Crippen LogP contribution in [0.3, 0.4) is 0 Å². The fourth-order valence-corrected chi connectivity index (χ4v) is 2.96. The Kier molecular flexibility index (Phi) is 5.36. The van der Waals surface area contributed by atoms with Gasteiger partial charge in [0, 0.05) is 12.0 Å². The highest BCUT2D eigenvalue weighted by Gasteiger charge is 2.32. The number of anilines is 2. The molecule has 2 rings (SSSR count). The Morgan fingerprint density at radius 2 is 1.86 bits per heavy atom. The Morgan fingerprint density at radius 1 is 1.19 bits per heavy atom. The van der Waals surface area contributed by atoms with Crippen molar-refractivity contribution >= 4 is 11.6 Å². The van der Waals surface area contributed by atoms with Gasteiger partial charge in [-0.25, -0.2) is 15.8 Å². The molecule has 0 radical (unpaired) electrons. The van der Waals surface area contributed by atoms with Crippen LogP contribution < -0.4 is 16.6 Å². The summed E-state index contributed by atoms with van der Waals surface area (Å²) in [5.41, 5.74) is 3.29. The third kappa shape index (κ3) is 3.63. The van der Waals surface area contributed by atoms with E-state index < -0.39 is 0 Å². The fourth-order valence-electron chi connectivity index (χ4n) is 2.96. The Morgan fingerprint density at radius 3 is 2.43 bits per heavy atom. The summed E-state index contributed by atoms with van der Waals surface area (Å²) in [7, 11) is 0. The Balaban J connectivity index is 2.30. The number of aryl methyl sites for hydroxylation is 1. The zero-order chi connectivity index (χ0) is 15.3. The molecule has 0 aromatic carbocycles. The molecule has 6 nitrogen and oxygen atoms in total. The van der Waals surface area contributed by atoms with Crippen LogP contribution in [0.5, 0.6) is 0 Å². The van der Waals surface area contributed by atoms with Gasteiger partial charge in [0.05, 0.1) is 12.1 Å². The van der Waals surface area contributed by atoms with E-state index in [1.165, 1.54) is 6.42 Å². The van der Waals surface area contributed by atoms with Crippen molar-refractivity contribution < 1.29 is 5.11 Å². The number of hydrogen-bond donors (Lipinski definition) is 4. The molecule has 0 atom stereocenters. The van der Waals surface area contributed by atoms with Crippen molar-refractivity contribution in [3.8, 4) is 0 Å². The van der Waals surface area contributed by atoms with Crippen LogP contribution in [0, 0.1) is 6.92 Å². The molecule has 0 amide bonds. The van der Waals surface area contributed by atoms with Crippen molar-refractivity contribution in [1.82, 2.24) is 9.97 Å². The number of aromatic nitrogens is 2. The van der Waals surface area contributed by atoms with Crippen LogP contribution >= 0.6 is 0 Å². The van der Waals surface area contributed by atoms with Crippen molar-refractivity contribution in [3.63, 3.8) is 0 Å². The van der Waals surface area contributed by atoms with Gasteiger partial charge < -0.3 is 15.8 Å². The first kappa shape index (κ1) is 16.0. The SMILES string of the molecule is CCCc1nc(NN)c(C)c(NC2(CO)CCCCC2)n1. The number of aliphatic hydroxyl groups is 1. The molecule has 0 spiro atoms. The van der Waals surface area contributed by atoms with Crippen molar-refractivity contribution in [2.24, 2.45) is 5.84 Å². The normalized spacial score (nSPS) is 17.5. The molecule has 5 N–H and O–H groups in total. The lowest BCUT2D eigenvalue weighted by Gasteiger charge is -2.37. The van der Waals surface area contributed by atoms with E-state index in [0.717, 1.165) is 55.7 Å². The molecule has 1 saturated carbocycles. The van der Waals surface area contributed by atoms with Crippen molar-refractivity contribution in [2.75, 3.05) is 17.3 Å². The number of nitrogens with zero attached hydrogens (tertiary/aromatic N) is 2. The highest BCUT2D eigenvalue weighted by molar-refractivity contribution is 5.57. The van der Waals surface area contributed by atoms with Crippen molar-refractivity contribution in [2.45, 2.75) is 64.3 Å². The van der Waals surface area contributed by atoms with Gasteiger partial charge in [0.2, 0.25) is 0 Å². The van der Waals surface area contributed by atoms with Gasteiger partial charge in [-0.2, -0.15) is 0 Å². The van der Waals surface area contributed by atoms with Gasteiger partial charge in [0.25, 0.3) is 0 Å². The van der Waals surface area contributed by atoms with Gasteiger partial charge in [-0.1, -0.05) is 26.2 Å². The molecule has 21 heavy (non-hydrogen) atoms. The number of nitrogen functional groups attached to an aromatic ring is 1. The van der Waals surface area contributed by atoms with Crippen molar-refractivity contribution in [1.29, 1.82) is 0 Å². The minimum Gasteiger partial charge on any atom is -0.394 e. The van der Waals surface area contributed by atoms with E-state index in [-0.39, 0.29) is 12.1 Å². The predicted octanol–water partition coefficient (Wildman–Crippen LogP) is 2.13. The lowest BCUT2D eigenvalue weighted by molar-refractivity contribution is 0.172. The molecule has 1 aromatic rings. The molecule has 1 aliphatic rings. The lowest BCUT2D eigenvalue weighted by atomic mass is 9.82. The average Bonchev–Trinajstić information content (AvgIpc) is 2.51. The Hall–Kier alpha value is -1.40. The van der Waals surface area contributed by atoms with E-state index in [1.807, 2.05) is 6.92 Å². The number of hydrogen-bond acceptors (Lipinski definition) is 6. The van der Waals surface area contributed by atoms with Gasteiger partial charge in [-0.05, 0) is 26.2 Å². The molecule has 0 aliphatic heterocycles. The molecular weight excluding hydrogens is 266 g/mol. The second-order valence-electron chi connectivity index (χ2n) is 5.98. The zero-order valence-corrected chi connectivity index (χ0v) is 13.1. The summed E-state index contributed by atoms with van der Waals surface area (Å²) < 4.78 is 0. The van der Waals surface area contributed by atoms with Crippen LogP contribution in [0.1, 0.15) is 56.8 Å². The van der Waals surface area contributed by atoms with Gasteiger partial charge in [-0.15, -0.1) is 0 Å². The van der Waals surface area contributed by atoms with Gasteiger partial charge in [-0.3, -0.25) is 0 Å². The quantitative estimate of drug-likeness (QED) is 0.474. The molecule has 0 unspecified atom stereocenters. The molecule has 0 bridgehead atoms. The number of nitrogens with one attached hydrogen (secondary N) is 2. The van der Waals surface area contributed by atoms with Crippen LogP contribution in [0.2, 0.25) is 0 Å². The summed E-state index contributed by atoms with van der Waals surface area (Å²) >= 11 is 0. The number of nitrogens with two attached hydrogens (primary N) is 1. The van der Waals surface area contributed by atoms with Crippen molar-refractivity contribution in [3.05, 3.63) is 11.4 Å². The minimum atomic E-state index is -0.257. The van der Waals surface area contributed by atoms with Crippen LogP contribution in [0.15, 0.2) is 0 Å². The standard InChI is InChI=1S/C15H27N5O/c1-3-7-12-17-13(11(2)14(18-12)20-16)19-15(10-21)8-5-4-6-9-15/h21H,3-10,16H2,1-2H3,(H2,17,18,19,20). The van der Waals surface area contributed by atoms with E-state index in [2.05, 4.69) is 27.6 Å². The Labute approximate surface area is 126 Å². The largest absolute Gasteiger partial charge is 0.394 e. The minimum absolute atomic E-state index is 0.130. The van der Waals surface area contributed by atoms with E-state index >= 15 is 0 Å². The van der Waals surface area contributed by atoms with E-state index in [1.54, 1.807) is 0 Å². The predicted molar refractivity (Wildman–Crippen MR) is 85.1 cm³/mol. The third-order valence-electron chi connectivity index (χ3n) is 4.30. The molecule has 118 valence electrons. The number of aliphatic hydroxyl groups excluding tert-OH is 1. The molecule has 1 heterocycles. The fraction of sp³-hybridized carbons (Fsp3) is 0.733. The summed E-state index contributed by atoms with van der Waals surface area (Å²) in [6, 6.07) is 0. The van der Waals surface area contributed by atoms with Gasteiger partial charge >= 0.3 is 0 Å². The maximum Gasteiger partial charge on any atom is 0.148 e. The van der Waals surface area contributed by atoms with Gasteiger partial charge in [0.15, 0.2) is 0 Å². The molecular formula is C15H27N5O. The first-order valence-corrected chi connectivity index (χ1v) is 7.87. The highest BCUT2D eigenvalue weighted by Crippen LogP contribution is 2.32. The van der Waals surface area contributed by atoms with E-state index in [4.69, 9.17) is 5.84 Å². The maximum absolute atomic E-state index is 9.85. The molecule has 1 fully saturated rings. The summed E-state index contributed by atoms with van der Waals surface area (Å²) in [5, 5.41) is 13.3. The second kappa shape index (κ2) is 7.04. The molecule has 1 aliphatic carbocycles. The third-order valence-corrected chi connectivity index (χ3v) is 4.30. The lowest BCUT2D eigenvalue weighted by Crippen LogP contribution is -2.44. The summed E-state index contributed by atoms with van der Waals surface area (Å²) in [5.74, 6) is 7.79. The number of hydrazine groups is 1. The Bertz CT molecular complexity index is 471. The summed E-state index contributed by atoms with van der Waals surface area (Å²) in [6.07, 6.45) is 7.27. The van der Waals surface area contributed by atoms with Crippen LogP contribution in [-0.4, -0.2) is 27.2 Å². The molecule has 0 saturated heterocycles. The smallest absolute Gasteiger partial charge is 0.148 e. The molecule has 6 heteroatoms. The average molecular weight is 293 g/mol. The number of rotatable bonds is 6. The van der Waals surface area contributed by atoms with Gasteiger partial charge in [0.1, 0.15) is 17.5 Å². The molecule has 1 aromatic heterocycles. The van der Waals surface area contributed by atoms with E-state index in [9.17, 15) is 5.11 Å². The van der Waals surface area contributed by atoms with Crippen LogP contribution in [0.4, 0.5) is 11.6 Å². The highest BCUT2D eigenvalue weighted by atomic mass is 16.3. The zero-order valence-electron chi connectivity index (χ0n) is 13.1. The second-order valence-corrected chi connectivity index (χ2v) is 5.98. The topological polar surface area (TPSA) is 96.1 Å². The van der Waals surface area contributed by atoms with E-state index in [0.29, 0.717) is 5.82 Å². The van der Waals surface area contributed by atoms with Crippen LogP contribution in [0.25, 0.3) is 0 Å². The summed E-state index contributed by atoms with van der Waals surface area (Å²) in [4.78, 5) is 9.06. The first-order chi connectivity index (χ1) is 10.1. The summed E-state index contributed by atoms with van der Waals surface area (Å²) in [6.45, 7) is 4.17.